The van der Waals surface area contributed by atoms with Crippen LogP contribution >= 0.6 is 0 Å². The Bertz CT molecular complexity index is 1440. The van der Waals surface area contributed by atoms with Crippen molar-refractivity contribution in [1.82, 2.24) is 20.5 Å². The number of nitrogens with zero attached hydrogens (tertiary/aromatic N) is 2. The third-order valence-electron chi connectivity index (χ3n) is 7.55. The monoisotopic (exact) mass is 557 g/mol. The van der Waals surface area contributed by atoms with Crippen molar-refractivity contribution in [1.29, 1.82) is 5.26 Å². The molecule has 2 heterocycles. The number of aromatic amines is 1. The van der Waals surface area contributed by atoms with E-state index in [0.717, 1.165) is 22.0 Å². The number of carbonyl (C=O) groups is 3. The Morgan fingerprint density at radius 2 is 1.66 bits per heavy atom. The Morgan fingerprint density at radius 1 is 1.02 bits per heavy atom. The van der Waals surface area contributed by atoms with Crippen LogP contribution in [0.3, 0.4) is 0 Å². The molecule has 41 heavy (non-hydrogen) atoms. The largest absolute Gasteiger partial charge is 0.444 e. The van der Waals surface area contributed by atoms with Crippen molar-refractivity contribution in [3.63, 3.8) is 0 Å². The van der Waals surface area contributed by atoms with Crippen LogP contribution in [0.4, 0.5) is 4.79 Å². The maximum atomic E-state index is 14.0. The van der Waals surface area contributed by atoms with E-state index in [1.807, 2.05) is 60.8 Å². The van der Waals surface area contributed by atoms with E-state index in [4.69, 9.17) is 4.74 Å². The number of likely N-dealkylation sites (tertiary alicyclic amines) is 1. The van der Waals surface area contributed by atoms with Crippen LogP contribution in [0.1, 0.15) is 58.6 Å². The number of nitriles is 1. The summed E-state index contributed by atoms with van der Waals surface area (Å²) in [5.74, 6) is -0.731. The zero-order valence-corrected chi connectivity index (χ0v) is 24.4. The smallest absolute Gasteiger partial charge is 0.408 e. The van der Waals surface area contributed by atoms with Crippen LogP contribution in [-0.2, 0) is 26.2 Å². The third kappa shape index (κ3) is 6.88. The molecule has 9 nitrogen and oxygen atoms in total. The molecule has 1 fully saturated rings. The second-order valence-electron chi connectivity index (χ2n) is 12.2. The highest BCUT2D eigenvalue weighted by Crippen LogP contribution is 2.35. The highest BCUT2D eigenvalue weighted by Gasteiger charge is 2.40. The lowest BCUT2D eigenvalue weighted by molar-refractivity contribution is -0.138. The molecule has 2 aromatic carbocycles. The molecule has 4 rings (SSSR count). The van der Waals surface area contributed by atoms with Gasteiger partial charge in [-0.1, -0.05) is 48.5 Å². The minimum absolute atomic E-state index is 0.226. The van der Waals surface area contributed by atoms with Crippen LogP contribution in [0.5, 0.6) is 0 Å². The second kappa shape index (κ2) is 11.7. The van der Waals surface area contributed by atoms with Crippen LogP contribution in [0, 0.1) is 11.3 Å². The minimum Gasteiger partial charge on any atom is -0.444 e. The molecule has 3 N–H and O–H groups in total. The molecule has 3 amide bonds. The van der Waals surface area contributed by atoms with Crippen LogP contribution in [-0.4, -0.2) is 58.1 Å². The second-order valence-corrected chi connectivity index (χ2v) is 12.2. The number of carbonyl (C=O) groups excluding carboxylic acids is 3. The molecular weight excluding hydrogens is 518 g/mol. The molecule has 1 aliphatic rings. The Morgan fingerprint density at radius 3 is 2.29 bits per heavy atom. The van der Waals surface area contributed by atoms with Crippen molar-refractivity contribution in [3.8, 4) is 6.07 Å². The van der Waals surface area contributed by atoms with E-state index in [1.54, 1.807) is 39.5 Å². The predicted molar refractivity (Wildman–Crippen MR) is 157 cm³/mol. The molecule has 0 bridgehead atoms. The van der Waals surface area contributed by atoms with Crippen molar-refractivity contribution in [2.75, 3.05) is 13.1 Å². The first-order valence-electron chi connectivity index (χ1n) is 14.0. The van der Waals surface area contributed by atoms with Crippen molar-refractivity contribution in [3.05, 3.63) is 71.9 Å². The summed E-state index contributed by atoms with van der Waals surface area (Å²) in [6, 6.07) is 19.1. The number of benzene rings is 2. The van der Waals surface area contributed by atoms with E-state index >= 15 is 0 Å². The van der Waals surface area contributed by atoms with Crippen LogP contribution in [0.25, 0.3) is 10.9 Å². The lowest BCUT2D eigenvalue weighted by Crippen LogP contribution is -2.60. The van der Waals surface area contributed by atoms with Gasteiger partial charge in [-0.05, 0) is 64.7 Å². The lowest BCUT2D eigenvalue weighted by Gasteiger charge is -2.39. The summed E-state index contributed by atoms with van der Waals surface area (Å²) in [4.78, 5) is 44.9. The number of fused-ring (bicyclic) bond motifs is 1. The zero-order chi connectivity index (χ0) is 29.8. The van der Waals surface area contributed by atoms with Crippen molar-refractivity contribution < 1.29 is 19.1 Å². The quantitative estimate of drug-likeness (QED) is 0.392. The number of amides is 3. The highest BCUT2D eigenvalue weighted by molar-refractivity contribution is 5.94. The average molecular weight is 558 g/mol. The van der Waals surface area contributed by atoms with Gasteiger partial charge in [0.15, 0.2) is 0 Å². The van der Waals surface area contributed by atoms with Gasteiger partial charge >= 0.3 is 6.09 Å². The number of hydrogen-bond acceptors (Lipinski definition) is 5. The van der Waals surface area contributed by atoms with Gasteiger partial charge in [-0.25, -0.2) is 4.79 Å². The average Bonchev–Trinajstić information content (AvgIpc) is 3.34. The molecule has 3 aromatic rings. The van der Waals surface area contributed by atoms with Crippen LogP contribution in [0.2, 0.25) is 0 Å². The topological polar surface area (TPSA) is 127 Å². The Balaban J connectivity index is 1.54. The summed E-state index contributed by atoms with van der Waals surface area (Å²) in [5, 5.41) is 16.6. The molecule has 1 saturated heterocycles. The zero-order valence-electron chi connectivity index (χ0n) is 24.4. The number of alkyl carbamates (subject to hydrolysis) is 1. The van der Waals surface area contributed by atoms with Crippen LogP contribution < -0.4 is 10.6 Å². The van der Waals surface area contributed by atoms with Gasteiger partial charge in [0.05, 0.1) is 11.5 Å². The maximum absolute atomic E-state index is 14.0. The molecule has 0 saturated carbocycles. The van der Waals surface area contributed by atoms with Gasteiger partial charge < -0.3 is 25.3 Å². The Labute approximate surface area is 241 Å². The number of para-hydroxylation sites is 1. The first kappa shape index (κ1) is 29.7. The first-order chi connectivity index (χ1) is 19.3. The molecule has 1 aliphatic heterocycles. The van der Waals surface area contributed by atoms with Crippen molar-refractivity contribution in [2.45, 2.75) is 76.5 Å². The first-order valence-corrected chi connectivity index (χ1v) is 14.0. The van der Waals surface area contributed by atoms with E-state index < -0.39 is 34.6 Å². The van der Waals surface area contributed by atoms with E-state index in [0.29, 0.717) is 25.9 Å². The fourth-order valence-electron chi connectivity index (χ4n) is 5.23. The van der Waals surface area contributed by atoms with Gasteiger partial charge in [0.2, 0.25) is 11.8 Å². The van der Waals surface area contributed by atoms with E-state index in [2.05, 4.69) is 21.7 Å². The predicted octanol–water partition coefficient (Wildman–Crippen LogP) is 4.58. The molecule has 0 spiro atoms. The number of nitrogens with one attached hydrogen (secondary N) is 3. The van der Waals surface area contributed by atoms with E-state index in [-0.39, 0.29) is 12.3 Å². The molecule has 216 valence electrons. The summed E-state index contributed by atoms with van der Waals surface area (Å²) in [6.07, 6.45) is 2.39. The fourth-order valence-corrected chi connectivity index (χ4v) is 5.23. The SMILES string of the molecule is CC(C)(C)OC(=O)NC(C)(C)C(=O)N[C@H](Cc1c[nH]c2ccccc12)C(=O)N1CCC(C#N)(c2ccccc2)CC1. The van der Waals surface area contributed by atoms with Gasteiger partial charge in [-0.3, -0.25) is 9.59 Å². The normalized spacial score (nSPS) is 16.0. The molecule has 0 unspecified atom stereocenters. The van der Waals surface area contributed by atoms with Crippen molar-refractivity contribution >= 4 is 28.8 Å². The fraction of sp³-hybridized carbons (Fsp3) is 0.438. The standard InChI is InChI=1S/C32H39N5O4/c1-30(2,3)41-29(40)36-31(4,5)28(39)35-26(19-22-20-34-25-14-10-9-13-24(22)25)27(38)37-17-15-32(21-33,16-18-37)23-11-7-6-8-12-23/h6-14,20,26,34H,15-19H2,1-5H3,(H,35,39)(H,36,40)/t26-/m1/s1. The summed E-state index contributed by atoms with van der Waals surface area (Å²) >= 11 is 0. The number of aromatic nitrogens is 1. The molecule has 1 aromatic heterocycles. The van der Waals surface area contributed by atoms with Gasteiger partial charge in [0, 0.05) is 36.6 Å². The minimum atomic E-state index is -1.34. The number of rotatable bonds is 7. The number of ether oxygens (including phenoxy) is 1. The summed E-state index contributed by atoms with van der Waals surface area (Å²) in [7, 11) is 0. The molecular formula is C32H39N5O4. The van der Waals surface area contributed by atoms with Gasteiger partial charge in [0.1, 0.15) is 17.2 Å². The molecule has 1 atom stereocenters. The van der Waals surface area contributed by atoms with E-state index in [9.17, 15) is 19.6 Å². The number of piperidine rings is 1. The van der Waals surface area contributed by atoms with Gasteiger partial charge in [-0.15, -0.1) is 0 Å². The maximum Gasteiger partial charge on any atom is 0.408 e. The molecule has 9 heteroatoms. The summed E-state index contributed by atoms with van der Waals surface area (Å²) < 4.78 is 5.34. The summed E-state index contributed by atoms with van der Waals surface area (Å²) in [6.45, 7) is 9.15. The number of H-pyrrole nitrogens is 1. The number of hydrogen-bond donors (Lipinski definition) is 3. The Hall–Kier alpha value is -4.32. The Kier molecular flexibility index (Phi) is 8.43. The van der Waals surface area contributed by atoms with Crippen LogP contribution in [0.15, 0.2) is 60.8 Å². The summed E-state index contributed by atoms with van der Waals surface area (Å²) in [5.41, 5.74) is 0.0562. The molecule has 0 aliphatic carbocycles. The van der Waals surface area contributed by atoms with Gasteiger partial charge in [0.25, 0.3) is 0 Å². The van der Waals surface area contributed by atoms with E-state index in [1.165, 1.54) is 0 Å². The van der Waals surface area contributed by atoms with Gasteiger partial charge in [-0.2, -0.15) is 5.26 Å². The third-order valence-corrected chi connectivity index (χ3v) is 7.55. The lowest BCUT2D eigenvalue weighted by atomic mass is 9.74. The molecule has 0 radical (unpaired) electrons. The van der Waals surface area contributed by atoms with Crippen molar-refractivity contribution in [2.24, 2.45) is 0 Å². The highest BCUT2D eigenvalue weighted by atomic mass is 16.6.